The molecule has 1 aromatic rings. The number of halogens is 2. The normalized spacial score (nSPS) is 18.0. The second kappa shape index (κ2) is 7.05. The van der Waals surface area contributed by atoms with Crippen LogP contribution < -0.4 is 0 Å². The first-order chi connectivity index (χ1) is 9.83. The van der Waals surface area contributed by atoms with Crippen molar-refractivity contribution in [1.82, 2.24) is 9.80 Å². The van der Waals surface area contributed by atoms with Crippen LogP contribution in [0.15, 0.2) is 18.2 Å². The van der Waals surface area contributed by atoms with Gasteiger partial charge in [-0.15, -0.1) is 0 Å². The van der Waals surface area contributed by atoms with Crippen molar-refractivity contribution < 1.29 is 12.8 Å². The lowest BCUT2D eigenvalue weighted by atomic mass is 10.2. The second-order valence-electron chi connectivity index (χ2n) is 5.50. The monoisotopic (exact) mass is 334 g/mol. The average Bonchev–Trinajstić information content (AvgIpc) is 2.41. The quantitative estimate of drug-likeness (QED) is 0.821. The molecule has 0 saturated carbocycles. The zero-order valence-corrected chi connectivity index (χ0v) is 13.6. The molecule has 2 rings (SSSR count). The topological polar surface area (TPSA) is 40.6 Å². The van der Waals surface area contributed by atoms with E-state index in [1.165, 1.54) is 12.3 Å². The van der Waals surface area contributed by atoms with Crippen LogP contribution in [0.5, 0.6) is 0 Å². The number of hydrogen-bond donors (Lipinski definition) is 0. The molecular weight excluding hydrogens is 315 g/mol. The summed E-state index contributed by atoms with van der Waals surface area (Å²) < 4.78 is 35.7. The van der Waals surface area contributed by atoms with Crippen LogP contribution in [0.25, 0.3) is 0 Å². The Morgan fingerprint density at radius 1 is 1.19 bits per heavy atom. The summed E-state index contributed by atoms with van der Waals surface area (Å²) in [6.07, 6.45) is 1.26. The van der Waals surface area contributed by atoms with Gasteiger partial charge in [-0.3, -0.25) is 9.80 Å². The third-order valence-corrected chi connectivity index (χ3v) is 4.86. The van der Waals surface area contributed by atoms with Crippen molar-refractivity contribution in [3.63, 3.8) is 0 Å². The van der Waals surface area contributed by atoms with Crippen molar-refractivity contribution in [3.05, 3.63) is 34.6 Å². The van der Waals surface area contributed by atoms with Crippen LogP contribution >= 0.6 is 11.6 Å². The zero-order valence-electron chi connectivity index (χ0n) is 12.1. The average molecular weight is 335 g/mol. The zero-order chi connectivity index (χ0) is 15.5. The molecule has 1 saturated heterocycles. The van der Waals surface area contributed by atoms with Gasteiger partial charge in [-0.25, -0.2) is 12.8 Å². The fourth-order valence-electron chi connectivity index (χ4n) is 2.36. The fourth-order valence-corrected chi connectivity index (χ4v) is 3.07. The molecule has 21 heavy (non-hydrogen) atoms. The van der Waals surface area contributed by atoms with Crippen LogP contribution in [-0.4, -0.2) is 63.0 Å². The van der Waals surface area contributed by atoms with E-state index < -0.39 is 9.84 Å². The number of sulfone groups is 1. The third kappa shape index (κ3) is 5.54. The molecule has 1 aliphatic rings. The van der Waals surface area contributed by atoms with E-state index in [9.17, 15) is 12.8 Å². The Hall–Kier alpha value is -0.690. The lowest BCUT2D eigenvalue weighted by Crippen LogP contribution is -2.47. The molecule has 0 aromatic heterocycles. The van der Waals surface area contributed by atoms with Crippen LogP contribution in [0.4, 0.5) is 4.39 Å². The van der Waals surface area contributed by atoms with Crippen molar-refractivity contribution >= 4 is 21.4 Å². The Morgan fingerprint density at radius 2 is 1.81 bits per heavy atom. The van der Waals surface area contributed by atoms with Gasteiger partial charge in [0.2, 0.25) is 0 Å². The molecule has 1 aromatic carbocycles. The number of nitrogens with zero attached hydrogens (tertiary/aromatic N) is 2. The van der Waals surface area contributed by atoms with Crippen molar-refractivity contribution in [3.8, 4) is 0 Å². The van der Waals surface area contributed by atoms with Crippen molar-refractivity contribution in [2.45, 2.75) is 6.54 Å². The van der Waals surface area contributed by atoms with Gasteiger partial charge in [-0.1, -0.05) is 17.7 Å². The molecular formula is C14H20ClFN2O2S. The van der Waals surface area contributed by atoms with Crippen molar-refractivity contribution in [2.75, 3.05) is 44.7 Å². The molecule has 0 aliphatic carbocycles. The van der Waals surface area contributed by atoms with E-state index >= 15 is 0 Å². The minimum Gasteiger partial charge on any atom is -0.300 e. The Morgan fingerprint density at radius 3 is 2.38 bits per heavy atom. The summed E-state index contributed by atoms with van der Waals surface area (Å²) in [6.45, 7) is 4.66. The summed E-state index contributed by atoms with van der Waals surface area (Å²) in [5, 5.41) is 0.143. The highest BCUT2D eigenvalue weighted by atomic mass is 35.5. The highest BCUT2D eigenvalue weighted by Gasteiger charge is 2.18. The Balaban J connectivity index is 1.80. The maximum Gasteiger partial charge on any atom is 0.148 e. The molecule has 0 amide bonds. The number of piperazine rings is 1. The fraction of sp³-hybridized carbons (Fsp3) is 0.571. The van der Waals surface area contributed by atoms with Crippen molar-refractivity contribution in [1.29, 1.82) is 0 Å². The van der Waals surface area contributed by atoms with Gasteiger partial charge in [-0.2, -0.15) is 0 Å². The largest absolute Gasteiger partial charge is 0.300 e. The van der Waals surface area contributed by atoms with E-state index in [4.69, 9.17) is 11.6 Å². The number of hydrogen-bond acceptors (Lipinski definition) is 4. The Kier molecular flexibility index (Phi) is 5.60. The van der Waals surface area contributed by atoms with Gasteiger partial charge in [0.1, 0.15) is 15.7 Å². The SMILES string of the molecule is CS(=O)(=O)CCN1CCN(Cc2ccc(Cl)c(F)c2)CC1. The molecule has 118 valence electrons. The predicted octanol–water partition coefficient (Wildman–Crippen LogP) is 1.64. The van der Waals surface area contributed by atoms with Crippen LogP contribution in [0.2, 0.25) is 5.02 Å². The minimum absolute atomic E-state index is 0.143. The van der Waals surface area contributed by atoms with Crippen molar-refractivity contribution in [2.24, 2.45) is 0 Å². The standard InChI is InChI=1S/C14H20ClFN2O2S/c1-21(19,20)9-8-17-4-6-18(7-5-17)11-12-2-3-13(15)14(16)10-12/h2-3,10H,4-9,11H2,1H3. The summed E-state index contributed by atoms with van der Waals surface area (Å²) in [5.41, 5.74) is 0.904. The smallest absolute Gasteiger partial charge is 0.148 e. The first-order valence-electron chi connectivity index (χ1n) is 6.90. The summed E-state index contributed by atoms with van der Waals surface area (Å²) in [4.78, 5) is 4.39. The molecule has 0 atom stereocenters. The Labute approximate surface area is 130 Å². The van der Waals surface area contributed by atoms with Gasteiger partial charge in [0.25, 0.3) is 0 Å². The molecule has 0 N–H and O–H groups in total. The van der Waals surface area contributed by atoms with E-state index in [0.717, 1.165) is 31.7 Å². The van der Waals surface area contributed by atoms with Gasteiger partial charge in [0.15, 0.2) is 0 Å². The highest BCUT2D eigenvalue weighted by Crippen LogP contribution is 2.17. The molecule has 0 bridgehead atoms. The minimum atomic E-state index is -2.90. The van der Waals surface area contributed by atoms with Gasteiger partial charge in [-0.05, 0) is 17.7 Å². The third-order valence-electron chi connectivity index (χ3n) is 3.63. The molecule has 7 heteroatoms. The molecule has 0 radical (unpaired) electrons. The first-order valence-corrected chi connectivity index (χ1v) is 9.34. The van der Waals surface area contributed by atoms with Crippen LogP contribution in [-0.2, 0) is 16.4 Å². The molecule has 1 fully saturated rings. The van der Waals surface area contributed by atoms with Gasteiger partial charge in [0, 0.05) is 45.5 Å². The van der Waals surface area contributed by atoms with Gasteiger partial charge >= 0.3 is 0 Å². The van der Waals surface area contributed by atoms with E-state index in [-0.39, 0.29) is 16.6 Å². The lowest BCUT2D eigenvalue weighted by molar-refractivity contribution is 0.132. The van der Waals surface area contributed by atoms with Crippen LogP contribution in [0.1, 0.15) is 5.56 Å². The van der Waals surface area contributed by atoms with E-state index in [0.29, 0.717) is 13.1 Å². The van der Waals surface area contributed by atoms with E-state index in [2.05, 4.69) is 9.80 Å². The Bertz CT molecular complexity index is 587. The number of rotatable bonds is 5. The lowest BCUT2D eigenvalue weighted by Gasteiger charge is -2.34. The van der Waals surface area contributed by atoms with Gasteiger partial charge < -0.3 is 0 Å². The predicted molar refractivity (Wildman–Crippen MR) is 82.8 cm³/mol. The molecule has 4 nitrogen and oxygen atoms in total. The number of benzene rings is 1. The van der Waals surface area contributed by atoms with Gasteiger partial charge in [0.05, 0.1) is 10.8 Å². The summed E-state index contributed by atoms with van der Waals surface area (Å²) in [6, 6.07) is 4.88. The summed E-state index contributed by atoms with van der Waals surface area (Å²) in [7, 11) is -2.90. The summed E-state index contributed by atoms with van der Waals surface area (Å²) >= 11 is 5.67. The maximum absolute atomic E-state index is 13.4. The second-order valence-corrected chi connectivity index (χ2v) is 8.16. The summed E-state index contributed by atoms with van der Waals surface area (Å²) in [5.74, 6) is -0.184. The van der Waals surface area contributed by atoms with Crippen LogP contribution in [0, 0.1) is 5.82 Å². The molecule has 1 aliphatic heterocycles. The van der Waals surface area contributed by atoms with Crippen LogP contribution in [0.3, 0.4) is 0 Å². The van der Waals surface area contributed by atoms with E-state index in [1.54, 1.807) is 6.07 Å². The molecule has 1 heterocycles. The maximum atomic E-state index is 13.4. The highest BCUT2D eigenvalue weighted by molar-refractivity contribution is 7.90. The van der Waals surface area contributed by atoms with E-state index in [1.807, 2.05) is 6.07 Å². The molecule has 0 spiro atoms. The molecule has 0 unspecified atom stereocenters. The first kappa shape index (κ1) is 16.7.